The maximum absolute atomic E-state index is 12.8. The molecule has 1 aromatic heterocycles. The van der Waals surface area contributed by atoms with Crippen LogP contribution < -0.4 is 0 Å². The molecule has 0 unspecified atom stereocenters. The van der Waals surface area contributed by atoms with Gasteiger partial charge in [-0.05, 0) is 24.7 Å². The standard InChI is InChI=1S/C25H23ClN4OS/c1-29-11-13-30(14-12-29)24(31)17-32-25-21(16-27)20(18-7-3-2-4-8-18)15-23(28-25)19-9-5-6-10-22(19)26/h2-10,15H,11-14,17H2,1H3. The van der Waals surface area contributed by atoms with Crippen LogP contribution >= 0.6 is 23.4 Å². The zero-order valence-corrected chi connectivity index (χ0v) is 19.4. The smallest absolute Gasteiger partial charge is 0.233 e. The first-order chi connectivity index (χ1) is 15.6. The molecule has 2 aromatic carbocycles. The molecule has 0 spiro atoms. The van der Waals surface area contributed by atoms with Crippen LogP contribution in [-0.2, 0) is 4.79 Å². The zero-order chi connectivity index (χ0) is 22.5. The van der Waals surface area contributed by atoms with Crippen molar-refractivity contribution in [2.45, 2.75) is 5.03 Å². The van der Waals surface area contributed by atoms with E-state index in [1.165, 1.54) is 11.8 Å². The number of pyridine rings is 1. The average molecular weight is 463 g/mol. The van der Waals surface area contributed by atoms with E-state index in [2.05, 4.69) is 18.0 Å². The van der Waals surface area contributed by atoms with Crippen LogP contribution in [0.2, 0.25) is 5.02 Å². The van der Waals surface area contributed by atoms with Crippen molar-refractivity contribution in [2.24, 2.45) is 0 Å². The quantitative estimate of drug-likeness (QED) is 0.509. The topological polar surface area (TPSA) is 60.2 Å². The van der Waals surface area contributed by atoms with Crippen LogP contribution in [0.1, 0.15) is 5.56 Å². The van der Waals surface area contributed by atoms with E-state index in [1.807, 2.05) is 65.6 Å². The second-order valence-electron chi connectivity index (χ2n) is 7.67. The van der Waals surface area contributed by atoms with E-state index >= 15 is 0 Å². The Morgan fingerprint density at radius 2 is 1.75 bits per heavy atom. The normalized spacial score (nSPS) is 14.2. The van der Waals surface area contributed by atoms with Gasteiger partial charge in [-0.1, -0.05) is 71.9 Å². The highest BCUT2D eigenvalue weighted by molar-refractivity contribution is 8.00. The number of rotatable bonds is 5. The Morgan fingerprint density at radius 1 is 1.06 bits per heavy atom. The van der Waals surface area contributed by atoms with Gasteiger partial charge in [-0.15, -0.1) is 0 Å². The minimum Gasteiger partial charge on any atom is -0.339 e. The molecular formula is C25H23ClN4OS. The molecule has 7 heteroatoms. The number of halogens is 1. The Bertz CT molecular complexity index is 1150. The Labute approximate surface area is 197 Å². The first kappa shape index (κ1) is 22.3. The molecule has 0 bridgehead atoms. The molecule has 0 aliphatic carbocycles. The van der Waals surface area contributed by atoms with Crippen LogP contribution in [0.25, 0.3) is 22.4 Å². The largest absolute Gasteiger partial charge is 0.339 e. The van der Waals surface area contributed by atoms with Gasteiger partial charge in [0.15, 0.2) is 0 Å². The predicted molar refractivity (Wildman–Crippen MR) is 130 cm³/mol. The molecule has 0 atom stereocenters. The van der Waals surface area contributed by atoms with Crippen LogP contribution in [-0.4, -0.2) is 59.7 Å². The molecule has 162 valence electrons. The molecule has 32 heavy (non-hydrogen) atoms. The van der Waals surface area contributed by atoms with Gasteiger partial charge in [0.2, 0.25) is 5.91 Å². The fraction of sp³-hybridized carbons (Fsp3) is 0.240. The van der Waals surface area contributed by atoms with Crippen LogP contribution in [0.15, 0.2) is 65.7 Å². The van der Waals surface area contributed by atoms with E-state index in [0.717, 1.165) is 42.9 Å². The highest BCUT2D eigenvalue weighted by Crippen LogP contribution is 2.36. The van der Waals surface area contributed by atoms with Crippen LogP contribution in [0.5, 0.6) is 0 Å². The third-order valence-corrected chi connectivity index (χ3v) is 6.81. The number of benzene rings is 2. The number of hydrogen-bond donors (Lipinski definition) is 0. The summed E-state index contributed by atoms with van der Waals surface area (Å²) in [7, 11) is 2.06. The van der Waals surface area contributed by atoms with Gasteiger partial charge in [-0.25, -0.2) is 4.98 Å². The number of carbonyl (C=O) groups is 1. The van der Waals surface area contributed by atoms with Crippen LogP contribution in [0, 0.1) is 11.3 Å². The summed E-state index contributed by atoms with van der Waals surface area (Å²) in [4.78, 5) is 21.7. The number of thioether (sulfide) groups is 1. The molecule has 0 N–H and O–H groups in total. The van der Waals surface area contributed by atoms with Crippen LogP contribution in [0.3, 0.4) is 0 Å². The number of aromatic nitrogens is 1. The summed E-state index contributed by atoms with van der Waals surface area (Å²) in [5, 5.41) is 11.1. The number of carbonyl (C=O) groups excluding carboxylic acids is 1. The van der Waals surface area contributed by atoms with Crippen molar-refractivity contribution in [2.75, 3.05) is 39.0 Å². The lowest BCUT2D eigenvalue weighted by Gasteiger charge is -2.32. The number of hydrogen-bond acceptors (Lipinski definition) is 5. The van der Waals surface area contributed by atoms with E-state index in [9.17, 15) is 10.1 Å². The minimum absolute atomic E-state index is 0.0678. The molecule has 4 rings (SSSR count). The van der Waals surface area contributed by atoms with E-state index in [0.29, 0.717) is 21.3 Å². The number of likely N-dealkylation sites (N-methyl/N-ethyl adjacent to an activating group) is 1. The van der Waals surface area contributed by atoms with E-state index in [1.54, 1.807) is 0 Å². The highest BCUT2D eigenvalue weighted by Gasteiger charge is 2.21. The summed E-state index contributed by atoms with van der Waals surface area (Å²) in [6.45, 7) is 3.20. The average Bonchev–Trinajstić information content (AvgIpc) is 2.83. The first-order valence-corrected chi connectivity index (χ1v) is 11.8. The first-order valence-electron chi connectivity index (χ1n) is 10.4. The molecule has 0 saturated carbocycles. The Hall–Kier alpha value is -2.85. The Morgan fingerprint density at radius 3 is 2.44 bits per heavy atom. The van der Waals surface area contributed by atoms with Crippen molar-refractivity contribution >= 4 is 29.3 Å². The van der Waals surface area contributed by atoms with E-state index in [4.69, 9.17) is 16.6 Å². The van der Waals surface area contributed by atoms with Crippen molar-refractivity contribution in [3.63, 3.8) is 0 Å². The SMILES string of the molecule is CN1CCN(C(=O)CSc2nc(-c3ccccc3Cl)cc(-c3ccccc3)c2C#N)CC1. The van der Waals surface area contributed by atoms with Crippen LogP contribution in [0.4, 0.5) is 0 Å². The minimum atomic E-state index is 0.0678. The van der Waals surface area contributed by atoms with Gasteiger partial charge in [0.1, 0.15) is 11.1 Å². The third kappa shape index (κ3) is 4.97. The van der Waals surface area contributed by atoms with Crippen molar-refractivity contribution < 1.29 is 4.79 Å². The Kier molecular flexibility index (Phi) is 7.11. The van der Waals surface area contributed by atoms with Gasteiger partial charge >= 0.3 is 0 Å². The van der Waals surface area contributed by atoms with Gasteiger partial charge in [-0.3, -0.25) is 4.79 Å². The summed E-state index contributed by atoms with van der Waals surface area (Å²) in [5.41, 5.74) is 3.66. The summed E-state index contributed by atoms with van der Waals surface area (Å²) < 4.78 is 0. The van der Waals surface area contributed by atoms with Gasteiger partial charge in [0, 0.05) is 42.3 Å². The predicted octanol–water partition coefficient (Wildman–Crippen LogP) is 4.81. The molecule has 1 aliphatic rings. The van der Waals surface area contributed by atoms with Gasteiger partial charge in [0.25, 0.3) is 0 Å². The zero-order valence-electron chi connectivity index (χ0n) is 17.8. The van der Waals surface area contributed by atoms with Gasteiger partial charge in [-0.2, -0.15) is 5.26 Å². The molecule has 5 nitrogen and oxygen atoms in total. The number of nitriles is 1. The number of piperazine rings is 1. The maximum Gasteiger partial charge on any atom is 0.233 e. The number of nitrogens with zero attached hydrogens (tertiary/aromatic N) is 4. The molecule has 3 aromatic rings. The molecule has 1 aliphatic heterocycles. The summed E-state index contributed by atoms with van der Waals surface area (Å²) in [6, 6.07) is 21.5. The molecule has 2 heterocycles. The fourth-order valence-electron chi connectivity index (χ4n) is 3.66. The second kappa shape index (κ2) is 10.2. The molecule has 1 amide bonds. The molecule has 1 fully saturated rings. The van der Waals surface area contributed by atoms with Gasteiger partial charge < -0.3 is 9.80 Å². The lowest BCUT2D eigenvalue weighted by atomic mass is 9.99. The van der Waals surface area contributed by atoms with E-state index in [-0.39, 0.29) is 11.7 Å². The Balaban J connectivity index is 1.70. The summed E-state index contributed by atoms with van der Waals surface area (Å²) in [5.74, 6) is 0.309. The molecule has 0 radical (unpaired) electrons. The second-order valence-corrected chi connectivity index (χ2v) is 9.04. The van der Waals surface area contributed by atoms with Crippen molar-refractivity contribution in [3.05, 3.63) is 71.2 Å². The number of amides is 1. The lowest BCUT2D eigenvalue weighted by Crippen LogP contribution is -2.47. The molecular weight excluding hydrogens is 440 g/mol. The molecule has 1 saturated heterocycles. The monoisotopic (exact) mass is 462 g/mol. The highest BCUT2D eigenvalue weighted by atomic mass is 35.5. The van der Waals surface area contributed by atoms with Crippen molar-refractivity contribution in [1.29, 1.82) is 5.26 Å². The lowest BCUT2D eigenvalue weighted by molar-refractivity contribution is -0.129. The van der Waals surface area contributed by atoms with Crippen molar-refractivity contribution in [3.8, 4) is 28.5 Å². The fourth-order valence-corrected chi connectivity index (χ4v) is 4.80. The van der Waals surface area contributed by atoms with Gasteiger partial charge in [0.05, 0.1) is 17.0 Å². The summed E-state index contributed by atoms with van der Waals surface area (Å²) in [6.07, 6.45) is 0. The van der Waals surface area contributed by atoms with Crippen molar-refractivity contribution in [1.82, 2.24) is 14.8 Å². The maximum atomic E-state index is 12.8. The summed E-state index contributed by atoms with van der Waals surface area (Å²) >= 11 is 7.76. The van der Waals surface area contributed by atoms with E-state index < -0.39 is 0 Å². The third-order valence-electron chi connectivity index (χ3n) is 5.52.